The van der Waals surface area contributed by atoms with Crippen molar-refractivity contribution in [3.8, 4) is 0 Å². The van der Waals surface area contributed by atoms with Gasteiger partial charge in [0.15, 0.2) is 0 Å². The van der Waals surface area contributed by atoms with Crippen molar-refractivity contribution in [2.75, 3.05) is 5.32 Å². The van der Waals surface area contributed by atoms with Crippen molar-refractivity contribution in [2.45, 2.75) is 46.1 Å². The van der Waals surface area contributed by atoms with Gasteiger partial charge < -0.3 is 15.7 Å². The molecule has 0 atom stereocenters. The molecular formula is C18H24N2O4. The van der Waals surface area contributed by atoms with Crippen LogP contribution in [0.4, 0.5) is 5.69 Å². The van der Waals surface area contributed by atoms with Crippen LogP contribution in [0.2, 0.25) is 0 Å². The predicted octanol–water partition coefficient (Wildman–Crippen LogP) is 2.54. The van der Waals surface area contributed by atoms with E-state index in [2.05, 4.69) is 10.6 Å². The summed E-state index contributed by atoms with van der Waals surface area (Å²) in [6.45, 7) is 3.99. The molecule has 0 aliphatic heterocycles. The molecule has 0 bridgehead atoms. The van der Waals surface area contributed by atoms with Crippen LogP contribution in [-0.4, -0.2) is 22.9 Å². The van der Waals surface area contributed by atoms with E-state index in [9.17, 15) is 19.5 Å². The molecule has 24 heavy (non-hydrogen) atoms. The Morgan fingerprint density at radius 1 is 1.17 bits per heavy atom. The van der Waals surface area contributed by atoms with Crippen molar-refractivity contribution >= 4 is 23.5 Å². The van der Waals surface area contributed by atoms with Crippen LogP contribution in [0.25, 0.3) is 0 Å². The summed E-state index contributed by atoms with van der Waals surface area (Å²) < 4.78 is 0. The van der Waals surface area contributed by atoms with E-state index in [0.29, 0.717) is 25.1 Å². The van der Waals surface area contributed by atoms with Crippen molar-refractivity contribution in [2.24, 2.45) is 11.3 Å². The molecule has 1 aliphatic rings. The molecule has 6 nitrogen and oxygen atoms in total. The number of carbonyl (C=O) groups is 3. The highest BCUT2D eigenvalue weighted by molar-refractivity contribution is 5.92. The number of hydrogen-bond donors (Lipinski definition) is 3. The largest absolute Gasteiger partial charge is 0.481 e. The standard InChI is InChI=1S/C18H24N2O4/c1-12(2)16(22)20-14-6-4-13(5-7-14)11-19-15(21)10-18(17(23)24)8-3-9-18/h4-7,12H,3,8-11H2,1-2H3,(H,19,21)(H,20,22)(H,23,24). The molecule has 0 saturated heterocycles. The van der Waals surface area contributed by atoms with Gasteiger partial charge in [-0.3, -0.25) is 14.4 Å². The molecular weight excluding hydrogens is 308 g/mol. The zero-order chi connectivity index (χ0) is 17.7. The topological polar surface area (TPSA) is 95.5 Å². The molecule has 1 aliphatic carbocycles. The maximum absolute atomic E-state index is 12.0. The lowest BCUT2D eigenvalue weighted by atomic mass is 9.66. The quantitative estimate of drug-likeness (QED) is 0.715. The third-order valence-corrected chi connectivity index (χ3v) is 4.50. The monoisotopic (exact) mass is 332 g/mol. The summed E-state index contributed by atoms with van der Waals surface area (Å²) in [7, 11) is 0. The third kappa shape index (κ3) is 4.34. The number of anilines is 1. The summed E-state index contributed by atoms with van der Waals surface area (Å²) >= 11 is 0. The average Bonchev–Trinajstić information content (AvgIpc) is 2.49. The van der Waals surface area contributed by atoms with Gasteiger partial charge in [0.1, 0.15) is 0 Å². The van der Waals surface area contributed by atoms with E-state index in [1.54, 1.807) is 12.1 Å². The second-order valence-electron chi connectivity index (χ2n) is 6.73. The van der Waals surface area contributed by atoms with Crippen LogP contribution in [0.15, 0.2) is 24.3 Å². The van der Waals surface area contributed by atoms with Crippen LogP contribution in [0, 0.1) is 11.3 Å². The Bertz CT molecular complexity index is 618. The first kappa shape index (κ1) is 18.0. The van der Waals surface area contributed by atoms with Gasteiger partial charge >= 0.3 is 5.97 Å². The number of hydrogen-bond acceptors (Lipinski definition) is 3. The lowest BCUT2D eigenvalue weighted by molar-refractivity contribution is -0.157. The van der Waals surface area contributed by atoms with Crippen LogP contribution in [0.1, 0.15) is 45.1 Å². The Labute approximate surface area is 141 Å². The van der Waals surface area contributed by atoms with Crippen LogP contribution in [0.5, 0.6) is 0 Å². The predicted molar refractivity (Wildman–Crippen MR) is 90.3 cm³/mol. The summed E-state index contributed by atoms with van der Waals surface area (Å²) in [5.74, 6) is -1.25. The molecule has 0 unspecified atom stereocenters. The summed E-state index contributed by atoms with van der Waals surface area (Å²) in [6, 6.07) is 7.22. The van der Waals surface area contributed by atoms with Gasteiger partial charge in [-0.2, -0.15) is 0 Å². The van der Waals surface area contributed by atoms with Gasteiger partial charge in [0.25, 0.3) is 0 Å². The van der Waals surface area contributed by atoms with E-state index < -0.39 is 11.4 Å². The fourth-order valence-electron chi connectivity index (χ4n) is 2.63. The summed E-state index contributed by atoms with van der Waals surface area (Å²) in [5.41, 5.74) is 0.738. The third-order valence-electron chi connectivity index (χ3n) is 4.50. The number of benzene rings is 1. The molecule has 1 aromatic rings. The van der Waals surface area contributed by atoms with Gasteiger partial charge in [-0.05, 0) is 30.5 Å². The summed E-state index contributed by atoms with van der Waals surface area (Å²) in [4.78, 5) is 34.9. The lowest BCUT2D eigenvalue weighted by Crippen LogP contribution is -2.42. The average molecular weight is 332 g/mol. The Kier molecular flexibility index (Phi) is 5.59. The minimum Gasteiger partial charge on any atom is -0.481 e. The molecule has 0 radical (unpaired) electrons. The number of aliphatic carboxylic acids is 1. The Morgan fingerprint density at radius 2 is 1.79 bits per heavy atom. The molecule has 2 rings (SSSR count). The van der Waals surface area contributed by atoms with Gasteiger partial charge in [0.2, 0.25) is 11.8 Å². The maximum atomic E-state index is 12.0. The SMILES string of the molecule is CC(C)C(=O)Nc1ccc(CNC(=O)CC2(C(=O)O)CCC2)cc1. The second kappa shape index (κ2) is 7.47. The van der Waals surface area contributed by atoms with Crippen molar-refractivity contribution in [3.05, 3.63) is 29.8 Å². The Hall–Kier alpha value is -2.37. The van der Waals surface area contributed by atoms with Gasteiger partial charge in [0, 0.05) is 24.6 Å². The van der Waals surface area contributed by atoms with Crippen molar-refractivity contribution < 1.29 is 19.5 Å². The van der Waals surface area contributed by atoms with Crippen LogP contribution >= 0.6 is 0 Å². The highest BCUT2D eigenvalue weighted by Gasteiger charge is 2.45. The molecule has 6 heteroatoms. The zero-order valence-corrected chi connectivity index (χ0v) is 14.1. The molecule has 0 spiro atoms. The molecule has 0 aromatic heterocycles. The van der Waals surface area contributed by atoms with Crippen LogP contribution in [-0.2, 0) is 20.9 Å². The first-order valence-corrected chi connectivity index (χ1v) is 8.22. The minimum absolute atomic E-state index is 0.0326. The smallest absolute Gasteiger partial charge is 0.310 e. The van der Waals surface area contributed by atoms with E-state index >= 15 is 0 Å². The number of amides is 2. The van der Waals surface area contributed by atoms with Crippen LogP contribution < -0.4 is 10.6 Å². The van der Waals surface area contributed by atoms with Gasteiger partial charge in [-0.15, -0.1) is 0 Å². The van der Waals surface area contributed by atoms with Gasteiger partial charge in [0.05, 0.1) is 5.41 Å². The van der Waals surface area contributed by atoms with Crippen LogP contribution in [0.3, 0.4) is 0 Å². The Morgan fingerprint density at radius 3 is 2.25 bits per heavy atom. The molecule has 0 heterocycles. The fraction of sp³-hybridized carbons (Fsp3) is 0.500. The normalized spacial score (nSPS) is 15.5. The highest BCUT2D eigenvalue weighted by atomic mass is 16.4. The first-order valence-electron chi connectivity index (χ1n) is 8.22. The summed E-state index contributed by atoms with van der Waals surface area (Å²) in [5, 5.41) is 14.8. The van der Waals surface area contributed by atoms with Crippen molar-refractivity contribution in [1.82, 2.24) is 5.32 Å². The second-order valence-corrected chi connectivity index (χ2v) is 6.73. The maximum Gasteiger partial charge on any atom is 0.310 e. The summed E-state index contributed by atoms with van der Waals surface area (Å²) in [6.07, 6.45) is 2.04. The molecule has 1 fully saturated rings. The van der Waals surface area contributed by atoms with E-state index in [0.717, 1.165) is 12.0 Å². The number of rotatable bonds is 7. The Balaban J connectivity index is 1.83. The number of nitrogens with one attached hydrogen (secondary N) is 2. The zero-order valence-electron chi connectivity index (χ0n) is 14.1. The first-order chi connectivity index (χ1) is 11.3. The highest BCUT2D eigenvalue weighted by Crippen LogP contribution is 2.44. The lowest BCUT2D eigenvalue weighted by Gasteiger charge is -2.36. The minimum atomic E-state index is -0.880. The molecule has 130 valence electrons. The van der Waals surface area contributed by atoms with E-state index in [4.69, 9.17) is 0 Å². The van der Waals surface area contributed by atoms with Gasteiger partial charge in [-0.1, -0.05) is 32.4 Å². The van der Waals surface area contributed by atoms with Crippen molar-refractivity contribution in [1.29, 1.82) is 0 Å². The van der Waals surface area contributed by atoms with Crippen molar-refractivity contribution in [3.63, 3.8) is 0 Å². The molecule has 1 aromatic carbocycles. The van der Waals surface area contributed by atoms with E-state index in [-0.39, 0.29) is 24.2 Å². The number of carboxylic acid groups (broad SMARTS) is 1. The number of carbonyl (C=O) groups excluding carboxylic acids is 2. The molecule has 2 amide bonds. The molecule has 3 N–H and O–H groups in total. The van der Waals surface area contributed by atoms with E-state index in [1.165, 1.54) is 0 Å². The fourth-order valence-corrected chi connectivity index (χ4v) is 2.63. The van der Waals surface area contributed by atoms with E-state index in [1.807, 2.05) is 26.0 Å². The molecule has 1 saturated carbocycles. The van der Waals surface area contributed by atoms with Gasteiger partial charge in [-0.25, -0.2) is 0 Å². The number of carboxylic acids is 1.